The molecule has 45 valence electrons. The van der Waals surface area contributed by atoms with Crippen LogP contribution in [0, 0.1) is 19.5 Å². The van der Waals surface area contributed by atoms with Gasteiger partial charge in [-0.05, 0) is 0 Å². The number of hydrogen-bond acceptors (Lipinski definition) is 2. The van der Waals surface area contributed by atoms with E-state index < -0.39 is 0 Å². The van der Waals surface area contributed by atoms with Crippen LogP contribution >= 0.6 is 0 Å². The summed E-state index contributed by atoms with van der Waals surface area (Å²) in [6.45, 7) is 7.26. The average Bonchev–Trinajstić information content (AvgIpc) is 2.14. The van der Waals surface area contributed by atoms with Gasteiger partial charge in [-0.15, -0.1) is 0 Å². The van der Waals surface area contributed by atoms with Crippen LogP contribution in [0.3, 0.4) is 0 Å². The molecule has 0 saturated carbocycles. The zero-order chi connectivity index (χ0) is 5.98. The summed E-state index contributed by atoms with van der Waals surface area (Å²) >= 11 is 0. The predicted octanol–water partition coefficient (Wildman–Crippen LogP) is 0.697. The van der Waals surface area contributed by atoms with Gasteiger partial charge in [0.05, 0.1) is 0 Å². The van der Waals surface area contributed by atoms with Gasteiger partial charge < -0.3 is 0 Å². The van der Waals surface area contributed by atoms with Crippen LogP contribution in [0.1, 0.15) is 6.92 Å². The lowest BCUT2D eigenvalue weighted by Gasteiger charge is -2.20. The Kier molecular flexibility index (Phi) is 1.86. The highest BCUT2D eigenvalue weighted by molar-refractivity contribution is 4.99. The second-order valence-corrected chi connectivity index (χ2v) is 1.82. The van der Waals surface area contributed by atoms with E-state index in [-0.39, 0.29) is 0 Å². The van der Waals surface area contributed by atoms with Crippen LogP contribution in [0.5, 0.6) is 0 Å². The minimum absolute atomic E-state index is 1.05. The average molecular weight is 111 g/mol. The predicted molar refractivity (Wildman–Crippen MR) is 33.0 cm³/mol. The second kappa shape index (κ2) is 2.46. The Morgan fingerprint density at radius 3 is 2.38 bits per heavy atom. The molecular formula is C6H11N2. The fraction of sp³-hybridized carbons (Fsp3) is 0.500. The minimum atomic E-state index is 1.05. The second-order valence-electron chi connectivity index (χ2n) is 1.82. The molecule has 0 N–H and O–H groups in total. The van der Waals surface area contributed by atoms with Crippen molar-refractivity contribution in [3.05, 3.63) is 19.5 Å². The molecule has 8 heavy (non-hydrogen) atoms. The third-order valence-corrected chi connectivity index (χ3v) is 1.29. The molecule has 2 nitrogen and oxygen atoms in total. The Morgan fingerprint density at radius 2 is 2.12 bits per heavy atom. The number of nitrogens with zero attached hydrogens (tertiary/aromatic N) is 2. The molecule has 0 aromatic rings. The Labute approximate surface area is 51.0 Å². The van der Waals surface area contributed by atoms with E-state index in [1.807, 2.05) is 20.0 Å². The summed E-state index contributed by atoms with van der Waals surface area (Å²) in [5.41, 5.74) is 0. The van der Waals surface area contributed by atoms with Crippen molar-refractivity contribution in [3.8, 4) is 0 Å². The maximum Gasteiger partial charge on any atom is 0.0467 e. The zero-order valence-corrected chi connectivity index (χ0v) is 5.33. The first-order valence-corrected chi connectivity index (χ1v) is 2.85. The standard InChI is InChI=1S/C6H11N2/c1-3-8-6-4-5-7(8)2/h4-6H,3H2,1-2H3. The van der Waals surface area contributed by atoms with E-state index in [0.717, 1.165) is 6.54 Å². The van der Waals surface area contributed by atoms with Crippen molar-refractivity contribution in [1.29, 1.82) is 0 Å². The molecule has 1 aliphatic rings. The van der Waals surface area contributed by atoms with Crippen LogP contribution in [0.4, 0.5) is 0 Å². The largest absolute Gasteiger partial charge is 0.239 e. The Hall–Kier alpha value is -0.0800. The molecule has 0 amide bonds. The van der Waals surface area contributed by atoms with Crippen molar-refractivity contribution in [2.75, 3.05) is 13.6 Å². The molecule has 0 bridgehead atoms. The van der Waals surface area contributed by atoms with Crippen molar-refractivity contribution in [3.63, 3.8) is 0 Å². The molecule has 1 heterocycles. The van der Waals surface area contributed by atoms with Crippen molar-refractivity contribution in [2.45, 2.75) is 6.92 Å². The molecule has 0 aliphatic carbocycles. The van der Waals surface area contributed by atoms with E-state index in [0.29, 0.717) is 0 Å². The number of hydrazine groups is 1. The van der Waals surface area contributed by atoms with Crippen molar-refractivity contribution in [2.24, 2.45) is 0 Å². The lowest BCUT2D eigenvalue weighted by atomic mass is 10.5. The highest BCUT2D eigenvalue weighted by Gasteiger charge is 2.15. The van der Waals surface area contributed by atoms with E-state index in [4.69, 9.17) is 0 Å². The van der Waals surface area contributed by atoms with Gasteiger partial charge in [0.25, 0.3) is 0 Å². The molecule has 0 atom stereocenters. The van der Waals surface area contributed by atoms with Gasteiger partial charge in [0, 0.05) is 33.1 Å². The van der Waals surface area contributed by atoms with Gasteiger partial charge in [-0.3, -0.25) is 0 Å². The molecule has 0 spiro atoms. The summed E-state index contributed by atoms with van der Waals surface area (Å²) in [4.78, 5) is 0. The van der Waals surface area contributed by atoms with Gasteiger partial charge in [-0.2, -0.15) is 0 Å². The van der Waals surface area contributed by atoms with E-state index in [9.17, 15) is 0 Å². The van der Waals surface area contributed by atoms with Crippen LogP contribution in [-0.2, 0) is 0 Å². The van der Waals surface area contributed by atoms with E-state index in [2.05, 4.69) is 23.5 Å². The zero-order valence-electron chi connectivity index (χ0n) is 5.33. The van der Waals surface area contributed by atoms with Crippen LogP contribution in [0.15, 0.2) is 0 Å². The first-order chi connectivity index (χ1) is 3.84. The molecule has 0 aromatic carbocycles. The Morgan fingerprint density at radius 1 is 1.38 bits per heavy atom. The van der Waals surface area contributed by atoms with Crippen LogP contribution in [0.25, 0.3) is 0 Å². The van der Waals surface area contributed by atoms with Crippen LogP contribution < -0.4 is 0 Å². The topological polar surface area (TPSA) is 6.48 Å². The number of rotatable bonds is 1. The fourth-order valence-electron chi connectivity index (χ4n) is 0.782. The normalized spacial score (nSPS) is 24.8. The third kappa shape index (κ3) is 1.01. The quantitative estimate of drug-likeness (QED) is 0.491. The summed E-state index contributed by atoms with van der Waals surface area (Å²) in [6, 6.07) is 0. The molecule has 2 heteroatoms. The lowest BCUT2D eigenvalue weighted by Crippen LogP contribution is -2.28. The molecule has 1 aliphatic heterocycles. The Bertz CT molecular complexity index is 72.9. The summed E-state index contributed by atoms with van der Waals surface area (Å²) < 4.78 is 0. The Balaban J connectivity index is 2.30. The van der Waals surface area contributed by atoms with Crippen LogP contribution in [-0.4, -0.2) is 23.6 Å². The summed E-state index contributed by atoms with van der Waals surface area (Å²) in [5.74, 6) is 0. The summed E-state index contributed by atoms with van der Waals surface area (Å²) in [7, 11) is 2.03. The van der Waals surface area contributed by atoms with Gasteiger partial charge in [0.2, 0.25) is 0 Å². The van der Waals surface area contributed by atoms with Crippen LogP contribution in [0.2, 0.25) is 0 Å². The van der Waals surface area contributed by atoms with Gasteiger partial charge in [-0.25, -0.2) is 10.0 Å². The van der Waals surface area contributed by atoms with Gasteiger partial charge in [-0.1, -0.05) is 6.92 Å². The fourth-order valence-corrected chi connectivity index (χ4v) is 0.782. The van der Waals surface area contributed by atoms with E-state index in [1.165, 1.54) is 0 Å². The first-order valence-electron chi connectivity index (χ1n) is 2.85. The first kappa shape index (κ1) is 6.05. The maximum atomic E-state index is 2.12. The van der Waals surface area contributed by atoms with Crippen molar-refractivity contribution >= 4 is 0 Å². The minimum Gasteiger partial charge on any atom is -0.239 e. The van der Waals surface area contributed by atoms with Gasteiger partial charge >= 0.3 is 0 Å². The molecule has 1 saturated heterocycles. The molecular weight excluding hydrogens is 100 g/mol. The van der Waals surface area contributed by atoms with Gasteiger partial charge in [0.15, 0.2) is 0 Å². The lowest BCUT2D eigenvalue weighted by molar-refractivity contribution is 0.107. The molecule has 0 unspecified atom stereocenters. The smallest absolute Gasteiger partial charge is 0.0467 e. The van der Waals surface area contributed by atoms with Crippen molar-refractivity contribution in [1.82, 2.24) is 10.0 Å². The third-order valence-electron chi connectivity index (χ3n) is 1.29. The highest BCUT2D eigenvalue weighted by atomic mass is 15.6. The van der Waals surface area contributed by atoms with Gasteiger partial charge in [0.1, 0.15) is 0 Å². The summed E-state index contributed by atoms with van der Waals surface area (Å²) in [6.07, 6.45) is 2.03. The number of hydrogen-bond donors (Lipinski definition) is 0. The molecule has 1 rings (SSSR count). The van der Waals surface area contributed by atoms with E-state index in [1.54, 1.807) is 0 Å². The molecule has 3 radical (unpaired) electrons. The maximum absolute atomic E-state index is 2.12. The molecule has 0 aromatic heterocycles. The SMILES string of the molecule is CCN1[CH][CH][CH]N1C. The monoisotopic (exact) mass is 111 g/mol. The molecule has 1 fully saturated rings. The summed E-state index contributed by atoms with van der Waals surface area (Å²) in [5, 5.41) is 4.18. The highest BCUT2D eigenvalue weighted by Crippen LogP contribution is 2.12. The van der Waals surface area contributed by atoms with E-state index >= 15 is 0 Å². The van der Waals surface area contributed by atoms with Crippen molar-refractivity contribution < 1.29 is 0 Å².